The first-order valence-electron chi connectivity index (χ1n) is 8.71. The minimum absolute atomic E-state index is 0.332. The monoisotopic (exact) mass is 413 g/mol. The van der Waals surface area contributed by atoms with Crippen LogP contribution in [0.5, 0.6) is 5.75 Å². The van der Waals surface area contributed by atoms with Crippen LogP contribution in [-0.4, -0.2) is 18.5 Å². The molecule has 3 rings (SSSR count). The van der Waals surface area contributed by atoms with E-state index in [2.05, 4.69) is 5.32 Å². The third kappa shape index (κ3) is 5.80. The zero-order valence-electron chi connectivity index (χ0n) is 15.2. The van der Waals surface area contributed by atoms with Crippen LogP contribution < -0.4 is 10.1 Å². The van der Waals surface area contributed by atoms with Crippen LogP contribution in [0, 0.1) is 5.82 Å². The number of halogens is 2. The zero-order valence-corrected chi connectivity index (χ0v) is 15.9. The van der Waals surface area contributed by atoms with Gasteiger partial charge in [-0.3, -0.25) is 4.79 Å². The number of rotatable bonds is 7. The van der Waals surface area contributed by atoms with Gasteiger partial charge in [-0.25, -0.2) is 9.18 Å². The van der Waals surface area contributed by atoms with Crippen LogP contribution in [0.1, 0.15) is 11.7 Å². The van der Waals surface area contributed by atoms with Crippen molar-refractivity contribution in [2.24, 2.45) is 0 Å². The number of ether oxygens (including phenoxy) is 2. The number of hydrogen-bond acceptors (Lipinski definition) is 4. The fourth-order valence-electron chi connectivity index (χ4n) is 2.51. The standard InChI is InChI=1S/C22H17ClFNO4/c23-18-8-4-5-9-19(18)28-14-20(26)29-21(15-6-2-1-3-7-15)22(27)25-17-12-10-16(24)11-13-17/h1-13,21H,14H2,(H,25,27). The fraction of sp³-hybridized carbons (Fsp3) is 0.0909. The molecule has 7 heteroatoms. The van der Waals surface area contributed by atoms with Crippen LogP contribution in [0.15, 0.2) is 78.9 Å². The molecule has 0 aliphatic carbocycles. The lowest BCUT2D eigenvalue weighted by atomic mass is 10.1. The van der Waals surface area contributed by atoms with Gasteiger partial charge in [0.15, 0.2) is 6.61 Å². The maximum atomic E-state index is 13.1. The van der Waals surface area contributed by atoms with E-state index in [9.17, 15) is 14.0 Å². The molecule has 0 fully saturated rings. The van der Waals surface area contributed by atoms with Gasteiger partial charge in [0.25, 0.3) is 5.91 Å². The number of para-hydroxylation sites is 1. The summed E-state index contributed by atoms with van der Waals surface area (Å²) in [5, 5.41) is 2.97. The highest BCUT2D eigenvalue weighted by molar-refractivity contribution is 6.32. The van der Waals surface area contributed by atoms with E-state index < -0.39 is 30.4 Å². The average molecular weight is 414 g/mol. The molecular formula is C22H17ClFNO4. The maximum Gasteiger partial charge on any atom is 0.345 e. The van der Waals surface area contributed by atoms with Gasteiger partial charge >= 0.3 is 5.97 Å². The SMILES string of the molecule is O=C(COc1ccccc1Cl)OC(C(=O)Nc1ccc(F)cc1)c1ccccc1. The molecule has 5 nitrogen and oxygen atoms in total. The van der Waals surface area contributed by atoms with Crippen molar-refractivity contribution in [3.8, 4) is 5.75 Å². The van der Waals surface area contributed by atoms with Crippen LogP contribution in [0.25, 0.3) is 0 Å². The van der Waals surface area contributed by atoms with Crippen molar-refractivity contribution in [1.82, 2.24) is 0 Å². The maximum absolute atomic E-state index is 13.1. The third-order valence-electron chi connectivity index (χ3n) is 3.88. The number of hydrogen-bond donors (Lipinski definition) is 1. The largest absolute Gasteiger partial charge is 0.480 e. The van der Waals surface area contributed by atoms with Gasteiger partial charge < -0.3 is 14.8 Å². The number of nitrogens with one attached hydrogen (secondary N) is 1. The second-order valence-electron chi connectivity index (χ2n) is 6.00. The highest BCUT2D eigenvalue weighted by atomic mass is 35.5. The Labute approximate surface area is 172 Å². The van der Waals surface area contributed by atoms with Crippen LogP contribution in [0.2, 0.25) is 5.02 Å². The normalized spacial score (nSPS) is 11.4. The number of carbonyl (C=O) groups excluding carboxylic acids is 2. The van der Waals surface area contributed by atoms with E-state index in [0.29, 0.717) is 22.0 Å². The summed E-state index contributed by atoms with van der Waals surface area (Å²) in [7, 11) is 0. The molecule has 0 heterocycles. The topological polar surface area (TPSA) is 64.6 Å². The van der Waals surface area contributed by atoms with Crippen molar-refractivity contribution >= 4 is 29.2 Å². The molecular weight excluding hydrogens is 397 g/mol. The molecule has 1 atom stereocenters. The second kappa shape index (κ2) is 9.71. The number of anilines is 1. The molecule has 1 N–H and O–H groups in total. The summed E-state index contributed by atoms with van der Waals surface area (Å²) < 4.78 is 23.8. The smallest absolute Gasteiger partial charge is 0.345 e. The lowest BCUT2D eigenvalue weighted by Crippen LogP contribution is -2.28. The Balaban J connectivity index is 1.70. The van der Waals surface area contributed by atoms with E-state index in [1.165, 1.54) is 24.3 Å². The molecule has 0 aromatic heterocycles. The summed E-state index contributed by atoms with van der Waals surface area (Å²) in [5.41, 5.74) is 0.860. The molecule has 0 saturated heterocycles. The molecule has 0 bridgehead atoms. The minimum atomic E-state index is -1.21. The van der Waals surface area contributed by atoms with Gasteiger partial charge in [-0.15, -0.1) is 0 Å². The van der Waals surface area contributed by atoms with E-state index in [1.807, 2.05) is 0 Å². The molecule has 1 amide bonds. The Kier molecular flexibility index (Phi) is 6.81. The molecule has 148 valence electrons. The number of esters is 1. The lowest BCUT2D eigenvalue weighted by Gasteiger charge is -2.18. The second-order valence-corrected chi connectivity index (χ2v) is 6.40. The van der Waals surface area contributed by atoms with Gasteiger partial charge in [-0.05, 0) is 36.4 Å². The molecule has 0 aliphatic heterocycles. The Bertz CT molecular complexity index is 980. The van der Waals surface area contributed by atoms with Gasteiger partial charge in [-0.1, -0.05) is 54.1 Å². The summed E-state index contributed by atoms with van der Waals surface area (Å²) in [5.74, 6) is -1.41. The Morgan fingerprint density at radius 2 is 1.59 bits per heavy atom. The van der Waals surface area contributed by atoms with Crippen molar-refractivity contribution in [2.75, 3.05) is 11.9 Å². The molecule has 29 heavy (non-hydrogen) atoms. The summed E-state index contributed by atoms with van der Waals surface area (Å²) in [6.45, 7) is -0.420. The minimum Gasteiger partial charge on any atom is -0.480 e. The first-order valence-corrected chi connectivity index (χ1v) is 9.09. The molecule has 0 radical (unpaired) electrons. The number of amides is 1. The fourth-order valence-corrected chi connectivity index (χ4v) is 2.70. The predicted molar refractivity (Wildman–Crippen MR) is 107 cm³/mol. The molecule has 0 spiro atoms. The summed E-state index contributed by atoms with van der Waals surface area (Å²) in [6.07, 6.45) is -1.21. The van der Waals surface area contributed by atoms with Crippen molar-refractivity contribution in [1.29, 1.82) is 0 Å². The zero-order chi connectivity index (χ0) is 20.6. The van der Waals surface area contributed by atoms with E-state index in [0.717, 1.165) is 0 Å². The lowest BCUT2D eigenvalue weighted by molar-refractivity contribution is -0.156. The van der Waals surface area contributed by atoms with E-state index in [1.54, 1.807) is 54.6 Å². The van der Waals surface area contributed by atoms with Gasteiger partial charge in [0.05, 0.1) is 5.02 Å². The van der Waals surface area contributed by atoms with Crippen molar-refractivity contribution in [3.63, 3.8) is 0 Å². The average Bonchev–Trinajstić information content (AvgIpc) is 2.73. The van der Waals surface area contributed by atoms with Crippen molar-refractivity contribution in [3.05, 3.63) is 95.3 Å². The van der Waals surface area contributed by atoms with Gasteiger partial charge in [0, 0.05) is 11.3 Å². The molecule has 0 saturated carbocycles. The quantitative estimate of drug-likeness (QED) is 0.566. The molecule has 0 aliphatic rings. The van der Waals surface area contributed by atoms with Crippen molar-refractivity contribution in [2.45, 2.75) is 6.10 Å². The third-order valence-corrected chi connectivity index (χ3v) is 4.20. The summed E-state index contributed by atoms with van der Waals surface area (Å²) >= 11 is 5.99. The predicted octanol–water partition coefficient (Wildman–Crippen LogP) is 4.78. The first-order chi connectivity index (χ1) is 14.0. The molecule has 1 unspecified atom stereocenters. The van der Waals surface area contributed by atoms with Gasteiger partial charge in [0.1, 0.15) is 11.6 Å². The molecule has 3 aromatic rings. The molecule has 3 aromatic carbocycles. The van der Waals surface area contributed by atoms with Crippen LogP contribution >= 0.6 is 11.6 Å². The van der Waals surface area contributed by atoms with Gasteiger partial charge in [-0.2, -0.15) is 0 Å². The Morgan fingerprint density at radius 3 is 2.28 bits per heavy atom. The Hall–Kier alpha value is -3.38. The highest BCUT2D eigenvalue weighted by Crippen LogP contribution is 2.24. The van der Waals surface area contributed by atoms with Gasteiger partial charge in [0.2, 0.25) is 6.10 Å². The highest BCUT2D eigenvalue weighted by Gasteiger charge is 2.25. The number of carbonyl (C=O) groups is 2. The van der Waals surface area contributed by atoms with Crippen molar-refractivity contribution < 1.29 is 23.5 Å². The van der Waals surface area contributed by atoms with Crippen LogP contribution in [0.3, 0.4) is 0 Å². The van der Waals surface area contributed by atoms with Crippen LogP contribution in [0.4, 0.5) is 10.1 Å². The Morgan fingerprint density at radius 1 is 0.931 bits per heavy atom. The van der Waals surface area contributed by atoms with E-state index in [4.69, 9.17) is 21.1 Å². The number of benzene rings is 3. The van der Waals surface area contributed by atoms with E-state index >= 15 is 0 Å². The summed E-state index contributed by atoms with van der Waals surface area (Å²) in [6, 6.07) is 20.5. The first kappa shape index (κ1) is 20.4. The van der Waals surface area contributed by atoms with E-state index in [-0.39, 0.29) is 0 Å². The van der Waals surface area contributed by atoms with Crippen LogP contribution in [-0.2, 0) is 14.3 Å². The summed E-state index contributed by atoms with van der Waals surface area (Å²) in [4.78, 5) is 25.0.